The number of nitrogens with zero attached hydrogens (tertiary/aromatic N) is 2. The van der Waals surface area contributed by atoms with E-state index in [1.165, 1.54) is 9.79 Å². The van der Waals surface area contributed by atoms with Gasteiger partial charge in [-0.05, 0) is 18.6 Å². The highest BCUT2D eigenvalue weighted by molar-refractivity contribution is 8.01. The van der Waals surface area contributed by atoms with E-state index in [4.69, 9.17) is 5.73 Å². The van der Waals surface area contributed by atoms with Gasteiger partial charge in [0, 0.05) is 28.5 Å². The van der Waals surface area contributed by atoms with Crippen molar-refractivity contribution in [2.75, 3.05) is 18.2 Å². The zero-order chi connectivity index (χ0) is 12.4. The Morgan fingerprint density at radius 1 is 1.24 bits per heavy atom. The van der Waals surface area contributed by atoms with E-state index in [1.807, 2.05) is 13.1 Å². The summed E-state index contributed by atoms with van der Waals surface area (Å²) in [6.07, 6.45) is 4.18. The first-order valence-corrected chi connectivity index (χ1v) is 7.63. The van der Waals surface area contributed by atoms with Crippen molar-refractivity contribution in [1.29, 1.82) is 0 Å². The topological polar surface area (TPSA) is 43.8 Å². The van der Waals surface area contributed by atoms with Crippen molar-refractivity contribution < 1.29 is 0 Å². The monoisotopic (exact) mass is 265 g/mol. The maximum atomic E-state index is 5.83. The molecule has 0 amide bonds. The highest BCUT2D eigenvalue weighted by Crippen LogP contribution is 2.36. The van der Waals surface area contributed by atoms with Crippen LogP contribution in [0.5, 0.6) is 0 Å². The molecule has 2 rings (SSSR count). The minimum atomic E-state index is 0.682. The van der Waals surface area contributed by atoms with Crippen LogP contribution in [-0.4, -0.2) is 22.3 Å². The summed E-state index contributed by atoms with van der Waals surface area (Å²) in [5, 5.41) is 4.43. The fraction of sp³-hybridized carbons (Fsp3) is 0.250. The zero-order valence-electron chi connectivity index (χ0n) is 10.1. The quantitative estimate of drug-likeness (QED) is 0.866. The highest BCUT2D eigenvalue weighted by atomic mass is 32.2. The number of benzene rings is 1. The van der Waals surface area contributed by atoms with Gasteiger partial charge in [-0.15, -0.1) is 23.5 Å². The van der Waals surface area contributed by atoms with Gasteiger partial charge in [0.1, 0.15) is 5.82 Å². The lowest BCUT2D eigenvalue weighted by Gasteiger charge is -2.09. The molecule has 90 valence electrons. The third-order valence-electron chi connectivity index (χ3n) is 2.59. The maximum Gasteiger partial charge on any atom is 0.121 e. The second kappa shape index (κ2) is 5.06. The predicted molar refractivity (Wildman–Crippen MR) is 76.6 cm³/mol. The molecule has 0 saturated carbocycles. The van der Waals surface area contributed by atoms with E-state index in [0.717, 1.165) is 11.3 Å². The second-order valence-corrected chi connectivity index (χ2v) is 5.28. The van der Waals surface area contributed by atoms with Crippen LogP contribution in [0.1, 0.15) is 0 Å². The largest absolute Gasteiger partial charge is 0.384 e. The summed E-state index contributed by atoms with van der Waals surface area (Å²) in [5.74, 6) is 0.682. The highest BCUT2D eigenvalue weighted by Gasteiger charge is 2.12. The number of aryl methyl sites for hydroxylation is 1. The molecule has 0 saturated heterocycles. The summed E-state index contributed by atoms with van der Waals surface area (Å²) in [5.41, 5.74) is 7.91. The maximum absolute atomic E-state index is 5.83. The average Bonchev–Trinajstić information content (AvgIpc) is 2.68. The van der Waals surface area contributed by atoms with Gasteiger partial charge in [-0.1, -0.05) is 12.1 Å². The Balaban J connectivity index is 2.58. The van der Waals surface area contributed by atoms with Crippen LogP contribution < -0.4 is 5.73 Å². The number of aromatic nitrogens is 2. The summed E-state index contributed by atoms with van der Waals surface area (Å²) in [6.45, 7) is 0. The Labute approximate surface area is 110 Å². The molecule has 0 bridgehead atoms. The third kappa shape index (κ3) is 2.30. The molecular formula is C12H15N3S2. The molecule has 1 aromatic carbocycles. The Bertz CT molecular complexity index is 515. The van der Waals surface area contributed by atoms with E-state index in [1.54, 1.807) is 28.2 Å². The minimum Gasteiger partial charge on any atom is -0.384 e. The molecule has 3 nitrogen and oxygen atoms in total. The van der Waals surface area contributed by atoms with Crippen molar-refractivity contribution >= 4 is 29.3 Å². The number of nitrogen functional groups attached to an aromatic ring is 1. The first kappa shape index (κ1) is 12.4. The number of rotatable bonds is 3. The normalized spacial score (nSPS) is 10.8. The molecule has 0 aliphatic heterocycles. The zero-order valence-corrected chi connectivity index (χ0v) is 11.7. The standard InChI is InChI=1S/C12H15N3S2/c1-15-11(13)7-9(14-15)8-5-4-6-10(16-2)12(8)17-3/h4-7H,13H2,1-3H3. The van der Waals surface area contributed by atoms with Gasteiger partial charge in [0.25, 0.3) is 0 Å². The van der Waals surface area contributed by atoms with Crippen molar-refractivity contribution in [2.45, 2.75) is 9.79 Å². The van der Waals surface area contributed by atoms with Gasteiger partial charge >= 0.3 is 0 Å². The summed E-state index contributed by atoms with van der Waals surface area (Å²) < 4.78 is 1.70. The van der Waals surface area contributed by atoms with Gasteiger partial charge in [-0.2, -0.15) is 5.10 Å². The van der Waals surface area contributed by atoms with Crippen LogP contribution in [0.4, 0.5) is 5.82 Å². The molecule has 0 unspecified atom stereocenters. The van der Waals surface area contributed by atoms with E-state index in [2.05, 4.69) is 35.8 Å². The minimum absolute atomic E-state index is 0.682. The number of hydrogen-bond acceptors (Lipinski definition) is 4. The first-order chi connectivity index (χ1) is 8.17. The molecule has 17 heavy (non-hydrogen) atoms. The van der Waals surface area contributed by atoms with E-state index in [0.29, 0.717) is 5.82 Å². The summed E-state index contributed by atoms with van der Waals surface area (Å²) in [6, 6.07) is 8.20. The molecule has 1 heterocycles. The van der Waals surface area contributed by atoms with Crippen molar-refractivity contribution in [1.82, 2.24) is 9.78 Å². The molecule has 0 atom stereocenters. The predicted octanol–water partition coefficient (Wildman–Crippen LogP) is 3.11. The Kier molecular flexibility index (Phi) is 3.69. The summed E-state index contributed by atoms with van der Waals surface area (Å²) in [7, 11) is 1.86. The molecule has 2 aromatic rings. The first-order valence-electron chi connectivity index (χ1n) is 5.18. The van der Waals surface area contributed by atoms with Crippen LogP contribution in [0.25, 0.3) is 11.3 Å². The van der Waals surface area contributed by atoms with E-state index in [9.17, 15) is 0 Å². The summed E-state index contributed by atoms with van der Waals surface area (Å²) >= 11 is 3.50. The van der Waals surface area contributed by atoms with Gasteiger partial charge in [0.05, 0.1) is 5.69 Å². The molecule has 1 aromatic heterocycles. The SMILES string of the molecule is CSc1cccc(-c2cc(N)n(C)n2)c1SC. The van der Waals surface area contributed by atoms with E-state index >= 15 is 0 Å². The molecule has 0 radical (unpaired) electrons. The number of thioether (sulfide) groups is 2. The second-order valence-electron chi connectivity index (χ2n) is 3.62. The van der Waals surface area contributed by atoms with Gasteiger partial charge in [-0.25, -0.2) is 0 Å². The Morgan fingerprint density at radius 3 is 2.53 bits per heavy atom. The lowest BCUT2D eigenvalue weighted by atomic mass is 10.1. The van der Waals surface area contributed by atoms with Crippen LogP contribution in [0.15, 0.2) is 34.1 Å². The number of anilines is 1. The fourth-order valence-corrected chi connectivity index (χ4v) is 3.37. The van der Waals surface area contributed by atoms with Crippen molar-refractivity contribution in [3.05, 3.63) is 24.3 Å². The molecular weight excluding hydrogens is 250 g/mol. The molecule has 5 heteroatoms. The van der Waals surface area contributed by atoms with Gasteiger partial charge in [0.2, 0.25) is 0 Å². The molecule has 2 N–H and O–H groups in total. The molecule has 0 fully saturated rings. The van der Waals surface area contributed by atoms with Gasteiger partial charge in [0.15, 0.2) is 0 Å². The average molecular weight is 265 g/mol. The Hall–Kier alpha value is -1.07. The van der Waals surface area contributed by atoms with Crippen LogP contribution in [0.3, 0.4) is 0 Å². The van der Waals surface area contributed by atoms with Crippen molar-refractivity contribution in [2.24, 2.45) is 7.05 Å². The van der Waals surface area contributed by atoms with E-state index in [-0.39, 0.29) is 0 Å². The lowest BCUT2D eigenvalue weighted by molar-refractivity contribution is 0.781. The number of nitrogens with two attached hydrogens (primary N) is 1. The van der Waals surface area contributed by atoms with Crippen LogP contribution in [0, 0.1) is 0 Å². The Morgan fingerprint density at radius 2 is 2.00 bits per heavy atom. The van der Waals surface area contributed by atoms with Crippen LogP contribution in [-0.2, 0) is 7.05 Å². The van der Waals surface area contributed by atoms with Crippen LogP contribution >= 0.6 is 23.5 Å². The van der Waals surface area contributed by atoms with Crippen molar-refractivity contribution in [3.8, 4) is 11.3 Å². The van der Waals surface area contributed by atoms with Gasteiger partial charge < -0.3 is 5.73 Å². The lowest BCUT2D eigenvalue weighted by Crippen LogP contribution is -1.96. The molecule has 0 aliphatic carbocycles. The van der Waals surface area contributed by atoms with Crippen molar-refractivity contribution in [3.63, 3.8) is 0 Å². The fourth-order valence-electron chi connectivity index (χ4n) is 1.70. The third-order valence-corrected chi connectivity index (χ3v) is 4.35. The van der Waals surface area contributed by atoms with E-state index < -0.39 is 0 Å². The summed E-state index contributed by atoms with van der Waals surface area (Å²) in [4.78, 5) is 2.54. The van der Waals surface area contributed by atoms with Crippen LogP contribution in [0.2, 0.25) is 0 Å². The molecule has 0 aliphatic rings. The smallest absolute Gasteiger partial charge is 0.121 e. The number of hydrogen-bond donors (Lipinski definition) is 1. The van der Waals surface area contributed by atoms with Gasteiger partial charge in [-0.3, -0.25) is 4.68 Å². The molecule has 0 spiro atoms.